The second kappa shape index (κ2) is 7.71. The highest BCUT2D eigenvalue weighted by atomic mass is 19.1. The molecule has 0 spiro atoms. The number of aliphatic hydroxyl groups excluding tert-OH is 1. The van der Waals surface area contributed by atoms with E-state index in [1.165, 1.54) is 6.07 Å². The van der Waals surface area contributed by atoms with Crippen molar-refractivity contribution in [3.8, 4) is 0 Å². The molecule has 2 aromatic rings. The van der Waals surface area contributed by atoms with E-state index in [9.17, 15) is 9.18 Å². The maximum absolute atomic E-state index is 13.7. The summed E-state index contributed by atoms with van der Waals surface area (Å²) in [6.45, 7) is 2.22. The summed E-state index contributed by atoms with van der Waals surface area (Å²) in [4.78, 5) is 12.1. The lowest BCUT2D eigenvalue weighted by atomic mass is 9.99. The van der Waals surface area contributed by atoms with Gasteiger partial charge >= 0.3 is 0 Å². The minimum absolute atomic E-state index is 0.0250. The van der Waals surface area contributed by atoms with Gasteiger partial charge in [0.1, 0.15) is 5.82 Å². The van der Waals surface area contributed by atoms with E-state index in [1.807, 2.05) is 24.3 Å². The molecule has 4 heteroatoms. The van der Waals surface area contributed by atoms with E-state index in [-0.39, 0.29) is 18.3 Å². The summed E-state index contributed by atoms with van der Waals surface area (Å²) in [7, 11) is 0. The van der Waals surface area contributed by atoms with Gasteiger partial charge in [0.25, 0.3) is 0 Å². The summed E-state index contributed by atoms with van der Waals surface area (Å²) in [5, 5.41) is 11.8. The lowest BCUT2D eigenvalue weighted by Crippen LogP contribution is -2.30. The van der Waals surface area contributed by atoms with Crippen molar-refractivity contribution in [3.05, 3.63) is 71.0 Å². The number of aliphatic hydroxyl groups is 1. The normalized spacial score (nSPS) is 12.0. The molecule has 1 amide bonds. The molecule has 1 atom stereocenters. The number of benzene rings is 2. The molecule has 2 N–H and O–H groups in total. The van der Waals surface area contributed by atoms with Gasteiger partial charge in [-0.1, -0.05) is 42.5 Å². The van der Waals surface area contributed by atoms with Crippen molar-refractivity contribution in [1.82, 2.24) is 5.32 Å². The van der Waals surface area contributed by atoms with Crippen LogP contribution in [0.25, 0.3) is 0 Å². The Balaban J connectivity index is 1.85. The third kappa shape index (κ3) is 4.15. The fourth-order valence-corrected chi connectivity index (χ4v) is 2.26. The molecule has 22 heavy (non-hydrogen) atoms. The van der Waals surface area contributed by atoms with E-state index >= 15 is 0 Å². The topological polar surface area (TPSA) is 49.3 Å². The molecule has 0 aromatic heterocycles. The molecule has 0 radical (unpaired) electrons. The predicted octanol–water partition coefficient (Wildman–Crippen LogP) is 2.78. The minimum atomic E-state index is -0.516. The summed E-state index contributed by atoms with van der Waals surface area (Å²) in [6.07, 6.45) is 0.696. The van der Waals surface area contributed by atoms with Gasteiger partial charge in [-0.05, 0) is 36.1 Å². The molecule has 0 aliphatic carbocycles. The number of halogens is 1. The smallest absolute Gasteiger partial charge is 0.227 e. The van der Waals surface area contributed by atoms with Crippen LogP contribution in [0, 0.1) is 5.82 Å². The minimum Gasteiger partial charge on any atom is -0.392 e. The Morgan fingerprint density at radius 1 is 1.14 bits per heavy atom. The van der Waals surface area contributed by atoms with Crippen LogP contribution in [-0.4, -0.2) is 17.6 Å². The van der Waals surface area contributed by atoms with Crippen molar-refractivity contribution in [2.75, 3.05) is 6.54 Å². The fourth-order valence-electron chi connectivity index (χ4n) is 2.26. The lowest BCUT2D eigenvalue weighted by Gasteiger charge is -2.13. The SMILES string of the molecule is CC(C(=O)NCCc1ccc(CO)cc1)c1ccccc1F. The van der Waals surface area contributed by atoms with E-state index in [0.29, 0.717) is 18.5 Å². The van der Waals surface area contributed by atoms with Crippen LogP contribution in [0.4, 0.5) is 4.39 Å². The summed E-state index contributed by atoms with van der Waals surface area (Å²) in [5.41, 5.74) is 2.35. The van der Waals surface area contributed by atoms with E-state index < -0.39 is 5.92 Å². The Morgan fingerprint density at radius 3 is 2.41 bits per heavy atom. The molecule has 116 valence electrons. The molecule has 3 nitrogen and oxygen atoms in total. The van der Waals surface area contributed by atoms with Gasteiger partial charge in [0.15, 0.2) is 0 Å². The van der Waals surface area contributed by atoms with Gasteiger partial charge in [0.2, 0.25) is 5.91 Å². The first-order valence-corrected chi connectivity index (χ1v) is 7.32. The molecular weight excluding hydrogens is 281 g/mol. The van der Waals surface area contributed by atoms with Crippen LogP contribution in [0.3, 0.4) is 0 Å². The maximum atomic E-state index is 13.7. The van der Waals surface area contributed by atoms with Crippen LogP contribution in [0.15, 0.2) is 48.5 Å². The van der Waals surface area contributed by atoms with Crippen LogP contribution in [-0.2, 0) is 17.8 Å². The number of amides is 1. The molecule has 0 saturated carbocycles. The van der Waals surface area contributed by atoms with Crippen LogP contribution in [0.2, 0.25) is 0 Å². The van der Waals surface area contributed by atoms with Crippen molar-refractivity contribution in [2.24, 2.45) is 0 Å². The highest BCUT2D eigenvalue weighted by Crippen LogP contribution is 2.18. The Kier molecular flexibility index (Phi) is 5.67. The molecule has 0 aliphatic heterocycles. The van der Waals surface area contributed by atoms with Gasteiger partial charge in [-0.3, -0.25) is 4.79 Å². The van der Waals surface area contributed by atoms with Gasteiger partial charge in [0, 0.05) is 6.54 Å². The number of nitrogens with one attached hydrogen (secondary N) is 1. The molecular formula is C18H20FNO2. The molecule has 2 aromatic carbocycles. The van der Waals surface area contributed by atoms with Crippen molar-refractivity contribution in [1.29, 1.82) is 0 Å². The average molecular weight is 301 g/mol. The van der Waals surface area contributed by atoms with Gasteiger partial charge in [-0.15, -0.1) is 0 Å². The Labute approximate surface area is 129 Å². The average Bonchev–Trinajstić information content (AvgIpc) is 2.55. The zero-order valence-corrected chi connectivity index (χ0v) is 12.6. The maximum Gasteiger partial charge on any atom is 0.227 e. The van der Waals surface area contributed by atoms with Gasteiger partial charge in [0.05, 0.1) is 12.5 Å². The molecule has 2 rings (SSSR count). The van der Waals surface area contributed by atoms with Crippen LogP contribution < -0.4 is 5.32 Å². The third-order valence-corrected chi connectivity index (χ3v) is 3.68. The second-order valence-electron chi connectivity index (χ2n) is 5.26. The van der Waals surface area contributed by atoms with Gasteiger partial charge in [-0.2, -0.15) is 0 Å². The zero-order chi connectivity index (χ0) is 15.9. The lowest BCUT2D eigenvalue weighted by molar-refractivity contribution is -0.122. The summed E-state index contributed by atoms with van der Waals surface area (Å²) >= 11 is 0. The highest BCUT2D eigenvalue weighted by molar-refractivity contribution is 5.83. The van der Waals surface area contributed by atoms with Crippen LogP contribution in [0.5, 0.6) is 0 Å². The molecule has 0 fully saturated rings. The van der Waals surface area contributed by atoms with Crippen molar-refractivity contribution in [2.45, 2.75) is 25.9 Å². The molecule has 0 saturated heterocycles. The molecule has 1 unspecified atom stereocenters. The van der Waals surface area contributed by atoms with Crippen LogP contribution >= 0.6 is 0 Å². The number of rotatable bonds is 6. The second-order valence-corrected chi connectivity index (χ2v) is 5.26. The standard InChI is InChI=1S/C18H20FNO2/c1-13(16-4-2-3-5-17(16)19)18(22)20-11-10-14-6-8-15(12-21)9-7-14/h2-9,13,21H,10-12H2,1H3,(H,20,22). The van der Waals surface area contributed by atoms with Crippen LogP contribution in [0.1, 0.15) is 29.5 Å². The zero-order valence-electron chi connectivity index (χ0n) is 12.6. The summed E-state index contributed by atoms with van der Waals surface area (Å²) < 4.78 is 13.7. The monoisotopic (exact) mass is 301 g/mol. The van der Waals surface area contributed by atoms with E-state index in [2.05, 4.69) is 5.32 Å². The first-order chi connectivity index (χ1) is 10.6. The Bertz CT molecular complexity index is 625. The van der Waals surface area contributed by atoms with E-state index in [0.717, 1.165) is 11.1 Å². The fraction of sp³-hybridized carbons (Fsp3) is 0.278. The Morgan fingerprint density at radius 2 is 1.77 bits per heavy atom. The Hall–Kier alpha value is -2.20. The largest absolute Gasteiger partial charge is 0.392 e. The van der Waals surface area contributed by atoms with Gasteiger partial charge in [-0.25, -0.2) is 4.39 Å². The molecule has 0 bridgehead atoms. The van der Waals surface area contributed by atoms with Crippen molar-refractivity contribution >= 4 is 5.91 Å². The predicted molar refractivity (Wildman–Crippen MR) is 83.9 cm³/mol. The summed E-state index contributed by atoms with van der Waals surface area (Å²) in [6, 6.07) is 13.9. The van der Waals surface area contributed by atoms with Crippen molar-refractivity contribution in [3.63, 3.8) is 0 Å². The number of hydrogen-bond donors (Lipinski definition) is 2. The number of carbonyl (C=O) groups is 1. The number of hydrogen-bond acceptors (Lipinski definition) is 2. The number of carbonyl (C=O) groups excluding carboxylic acids is 1. The van der Waals surface area contributed by atoms with E-state index in [1.54, 1.807) is 25.1 Å². The summed E-state index contributed by atoms with van der Waals surface area (Å²) in [5.74, 6) is -1.06. The first-order valence-electron chi connectivity index (χ1n) is 7.32. The van der Waals surface area contributed by atoms with Crippen molar-refractivity contribution < 1.29 is 14.3 Å². The molecule has 0 aliphatic rings. The molecule has 0 heterocycles. The van der Waals surface area contributed by atoms with E-state index in [4.69, 9.17) is 5.11 Å². The third-order valence-electron chi connectivity index (χ3n) is 3.68. The first kappa shape index (κ1) is 16.2. The quantitative estimate of drug-likeness (QED) is 0.862. The van der Waals surface area contributed by atoms with Gasteiger partial charge < -0.3 is 10.4 Å². The highest BCUT2D eigenvalue weighted by Gasteiger charge is 2.17.